The third-order valence-electron chi connectivity index (χ3n) is 5.48. The van der Waals surface area contributed by atoms with Gasteiger partial charge in [0, 0.05) is 47.1 Å². The Balaban J connectivity index is 1.15. The molecule has 5 rings (SSSR count). The summed E-state index contributed by atoms with van der Waals surface area (Å²) in [6.07, 6.45) is 2.01. The van der Waals surface area contributed by atoms with Crippen LogP contribution in [0.4, 0.5) is 5.69 Å². The molecule has 0 unspecified atom stereocenters. The van der Waals surface area contributed by atoms with Gasteiger partial charge in [0.15, 0.2) is 0 Å². The number of nitrogens with one attached hydrogen (secondary N) is 3. The monoisotopic (exact) mass is 420 g/mol. The lowest BCUT2D eigenvalue weighted by Crippen LogP contribution is -2.46. The number of carbonyl (C=O) groups is 3. The van der Waals surface area contributed by atoms with Crippen molar-refractivity contribution in [1.29, 1.82) is 0 Å². The molecular formula is C22H20N4O3S. The molecule has 0 aliphatic carbocycles. The van der Waals surface area contributed by atoms with E-state index in [1.54, 1.807) is 22.7 Å². The van der Waals surface area contributed by atoms with Gasteiger partial charge >= 0.3 is 0 Å². The molecule has 8 heteroatoms. The lowest BCUT2D eigenvalue weighted by Gasteiger charge is -2.22. The maximum Gasteiger partial charge on any atom is 0.256 e. The molecule has 2 atom stereocenters. The second kappa shape index (κ2) is 7.53. The van der Waals surface area contributed by atoms with Crippen molar-refractivity contribution in [2.24, 2.45) is 0 Å². The number of rotatable bonds is 5. The number of nitrogens with zero attached hydrogens (tertiary/aromatic N) is 1. The zero-order valence-electron chi connectivity index (χ0n) is 16.1. The predicted octanol–water partition coefficient (Wildman–Crippen LogP) is 2.88. The zero-order valence-corrected chi connectivity index (χ0v) is 16.9. The Morgan fingerprint density at radius 2 is 2.03 bits per heavy atom. The first-order chi connectivity index (χ1) is 14.6. The van der Waals surface area contributed by atoms with E-state index in [9.17, 15) is 14.4 Å². The van der Waals surface area contributed by atoms with Gasteiger partial charge in [-0.15, -0.1) is 11.8 Å². The van der Waals surface area contributed by atoms with Gasteiger partial charge in [-0.05, 0) is 35.9 Å². The maximum absolute atomic E-state index is 12.7. The van der Waals surface area contributed by atoms with Crippen molar-refractivity contribution in [3.63, 3.8) is 0 Å². The van der Waals surface area contributed by atoms with Crippen molar-refractivity contribution >= 4 is 46.1 Å². The summed E-state index contributed by atoms with van der Waals surface area (Å²) in [7, 11) is 0. The topological polar surface area (TPSA) is 94.3 Å². The summed E-state index contributed by atoms with van der Waals surface area (Å²) in [5.41, 5.74) is 3.37. The number of thioether (sulfide) groups is 1. The molecule has 3 aromatic rings. The van der Waals surface area contributed by atoms with E-state index in [0.29, 0.717) is 17.0 Å². The number of benzene rings is 2. The molecule has 2 aliphatic rings. The van der Waals surface area contributed by atoms with Crippen LogP contribution in [0.15, 0.2) is 54.7 Å². The summed E-state index contributed by atoms with van der Waals surface area (Å²) in [6, 6.07) is 14.6. The van der Waals surface area contributed by atoms with E-state index < -0.39 is 6.04 Å². The average Bonchev–Trinajstić information content (AvgIpc) is 3.45. The van der Waals surface area contributed by atoms with E-state index in [1.807, 2.05) is 48.7 Å². The van der Waals surface area contributed by atoms with E-state index in [4.69, 9.17) is 0 Å². The number of aromatic nitrogens is 1. The fourth-order valence-electron chi connectivity index (χ4n) is 4.01. The summed E-state index contributed by atoms with van der Waals surface area (Å²) in [4.78, 5) is 42.4. The van der Waals surface area contributed by atoms with Crippen LogP contribution in [0.1, 0.15) is 27.7 Å². The Kier molecular flexibility index (Phi) is 4.71. The number of hydrogen-bond acceptors (Lipinski definition) is 4. The molecule has 30 heavy (non-hydrogen) atoms. The second-order valence-electron chi connectivity index (χ2n) is 7.37. The Bertz CT molecular complexity index is 1160. The number of hydrogen-bond donors (Lipinski definition) is 3. The molecule has 3 amide bonds. The molecule has 0 saturated carbocycles. The van der Waals surface area contributed by atoms with E-state index in [1.165, 1.54) is 0 Å². The molecular weight excluding hydrogens is 400 g/mol. The number of aromatic amines is 1. The number of H-pyrrole nitrogens is 1. The standard InChI is InChI=1S/C22H20N4O3S/c27-19(25-14-5-6-17-13(11-14)7-9-23-17)8-10-24-20(28)18-12-30-22-16-4-2-1-3-15(16)21(29)26(18)22/h1-7,9,11,18,22-23H,8,10,12H2,(H,24,28)(H,25,27)/t18-,22+/m1/s1. The van der Waals surface area contributed by atoms with Crippen LogP contribution in [0.5, 0.6) is 0 Å². The highest BCUT2D eigenvalue weighted by Gasteiger charge is 2.48. The minimum absolute atomic E-state index is 0.0985. The Morgan fingerprint density at radius 1 is 1.17 bits per heavy atom. The molecule has 3 heterocycles. The minimum Gasteiger partial charge on any atom is -0.361 e. The quantitative estimate of drug-likeness (QED) is 0.592. The Labute approximate surface area is 177 Å². The molecule has 1 aromatic heterocycles. The predicted molar refractivity (Wildman–Crippen MR) is 116 cm³/mol. The fraction of sp³-hybridized carbons (Fsp3) is 0.227. The van der Waals surface area contributed by atoms with E-state index in [0.717, 1.165) is 16.5 Å². The van der Waals surface area contributed by atoms with Crippen LogP contribution in [0, 0.1) is 0 Å². The first-order valence-corrected chi connectivity index (χ1v) is 10.8. The van der Waals surface area contributed by atoms with Gasteiger partial charge in [-0.2, -0.15) is 0 Å². The number of fused-ring (bicyclic) bond motifs is 4. The molecule has 1 saturated heterocycles. The molecule has 3 N–H and O–H groups in total. The third-order valence-corrected chi connectivity index (χ3v) is 6.79. The molecule has 2 aliphatic heterocycles. The van der Waals surface area contributed by atoms with Crippen LogP contribution in [0.2, 0.25) is 0 Å². The van der Waals surface area contributed by atoms with Crippen molar-refractivity contribution in [3.8, 4) is 0 Å². The smallest absolute Gasteiger partial charge is 0.256 e. The van der Waals surface area contributed by atoms with Gasteiger partial charge < -0.3 is 20.5 Å². The normalized spacial score (nSPS) is 19.6. The van der Waals surface area contributed by atoms with Crippen molar-refractivity contribution in [2.75, 3.05) is 17.6 Å². The Hall–Kier alpha value is -3.26. The van der Waals surface area contributed by atoms with Crippen LogP contribution in [0.25, 0.3) is 10.9 Å². The molecule has 152 valence electrons. The summed E-state index contributed by atoms with van der Waals surface area (Å²) < 4.78 is 0. The highest BCUT2D eigenvalue weighted by atomic mass is 32.2. The highest BCUT2D eigenvalue weighted by molar-refractivity contribution is 7.99. The van der Waals surface area contributed by atoms with Gasteiger partial charge in [0.1, 0.15) is 11.4 Å². The van der Waals surface area contributed by atoms with E-state index in [-0.39, 0.29) is 36.1 Å². The Morgan fingerprint density at radius 3 is 2.93 bits per heavy atom. The van der Waals surface area contributed by atoms with Crippen LogP contribution < -0.4 is 10.6 Å². The van der Waals surface area contributed by atoms with Crippen molar-refractivity contribution in [2.45, 2.75) is 17.8 Å². The lowest BCUT2D eigenvalue weighted by molar-refractivity contribution is -0.124. The van der Waals surface area contributed by atoms with Crippen LogP contribution >= 0.6 is 11.8 Å². The van der Waals surface area contributed by atoms with Crippen LogP contribution in [0.3, 0.4) is 0 Å². The summed E-state index contributed by atoms with van der Waals surface area (Å²) in [5, 5.41) is 6.58. The molecule has 0 spiro atoms. The summed E-state index contributed by atoms with van der Waals surface area (Å²) in [6.45, 7) is 0.220. The molecule has 0 bridgehead atoms. The van der Waals surface area contributed by atoms with Crippen molar-refractivity contribution in [3.05, 3.63) is 65.9 Å². The molecule has 1 fully saturated rings. The number of carbonyl (C=O) groups excluding carboxylic acids is 3. The van der Waals surface area contributed by atoms with Crippen LogP contribution in [-0.4, -0.2) is 45.9 Å². The van der Waals surface area contributed by atoms with E-state index in [2.05, 4.69) is 15.6 Å². The lowest BCUT2D eigenvalue weighted by atomic mass is 10.1. The SMILES string of the molecule is O=C(CCNC(=O)[C@H]1CS[C@H]2c3ccccc3C(=O)N12)Nc1ccc2[nH]ccc2c1. The first kappa shape index (κ1) is 18.7. The van der Waals surface area contributed by atoms with E-state index >= 15 is 0 Å². The van der Waals surface area contributed by atoms with Crippen LogP contribution in [-0.2, 0) is 9.59 Å². The van der Waals surface area contributed by atoms with Gasteiger partial charge in [0.2, 0.25) is 11.8 Å². The average molecular weight is 420 g/mol. The van der Waals surface area contributed by atoms with Crippen molar-refractivity contribution < 1.29 is 14.4 Å². The van der Waals surface area contributed by atoms with Crippen molar-refractivity contribution in [1.82, 2.24) is 15.2 Å². The highest BCUT2D eigenvalue weighted by Crippen LogP contribution is 2.47. The largest absolute Gasteiger partial charge is 0.361 e. The summed E-state index contributed by atoms with van der Waals surface area (Å²) >= 11 is 1.60. The molecule has 7 nitrogen and oxygen atoms in total. The van der Waals surface area contributed by atoms with Gasteiger partial charge in [-0.1, -0.05) is 18.2 Å². The minimum atomic E-state index is -0.515. The van der Waals surface area contributed by atoms with Gasteiger partial charge in [0.25, 0.3) is 5.91 Å². The van der Waals surface area contributed by atoms with Gasteiger partial charge in [-0.3, -0.25) is 14.4 Å². The van der Waals surface area contributed by atoms with Gasteiger partial charge in [-0.25, -0.2) is 0 Å². The maximum atomic E-state index is 12.7. The fourth-order valence-corrected chi connectivity index (χ4v) is 5.48. The first-order valence-electron chi connectivity index (χ1n) is 9.80. The third kappa shape index (κ3) is 3.23. The molecule has 0 radical (unpaired) electrons. The number of anilines is 1. The molecule has 2 aromatic carbocycles. The number of amides is 3. The summed E-state index contributed by atoms with van der Waals surface area (Å²) in [5.74, 6) is 0.0688. The van der Waals surface area contributed by atoms with Gasteiger partial charge in [0.05, 0.1) is 0 Å². The zero-order chi connectivity index (χ0) is 20.7. The second-order valence-corrected chi connectivity index (χ2v) is 8.48.